The Morgan fingerprint density at radius 1 is 1.41 bits per heavy atom. The molecule has 3 heterocycles. The third-order valence-electron chi connectivity index (χ3n) is 6.29. The molecule has 0 radical (unpaired) electrons. The number of aromatic amines is 1. The average Bonchev–Trinajstić information content (AvgIpc) is 3.10. The van der Waals surface area contributed by atoms with E-state index in [1.807, 2.05) is 0 Å². The van der Waals surface area contributed by atoms with Crippen LogP contribution in [0.15, 0.2) is 29.4 Å². The SMILES string of the molecule is CCC1CN2CCC[C@@H](CC(=NO)C(=O)OC)C2c2[nH]c3ccccc3c21. The summed E-state index contributed by atoms with van der Waals surface area (Å²) in [4.78, 5) is 18.2. The fraction of sp³-hybridized carbons (Fsp3) is 0.524. The molecule has 4 rings (SSSR count). The fourth-order valence-electron chi connectivity index (χ4n) is 5.08. The number of H-pyrrole nitrogens is 1. The minimum absolute atomic E-state index is 0.111. The molecule has 1 saturated heterocycles. The molecule has 144 valence electrons. The molecule has 6 heteroatoms. The molecular formula is C21H27N3O3. The predicted octanol–water partition coefficient (Wildman–Crippen LogP) is 3.82. The van der Waals surface area contributed by atoms with Crippen LogP contribution in [0.25, 0.3) is 10.9 Å². The Labute approximate surface area is 159 Å². The first-order chi connectivity index (χ1) is 13.2. The standard InChI is InChI=1S/C21H27N3O3/c1-3-13-12-24-10-6-7-14(11-17(23-26)21(25)27-2)20(24)19-18(13)15-8-4-5-9-16(15)22-19/h4-5,8-9,13-14,20,22,26H,3,6-7,10-12H2,1-2H3/t13?,14-,20?/m0/s1. The summed E-state index contributed by atoms with van der Waals surface area (Å²) in [6.07, 6.45) is 3.63. The summed E-state index contributed by atoms with van der Waals surface area (Å²) in [6, 6.07) is 8.72. The molecule has 2 aliphatic rings. The Bertz CT molecular complexity index is 873. The first kappa shape index (κ1) is 18.0. The number of carbonyl (C=O) groups is 1. The van der Waals surface area contributed by atoms with E-state index in [9.17, 15) is 10.0 Å². The summed E-state index contributed by atoms with van der Waals surface area (Å²) in [5.74, 6) is 0.180. The Balaban J connectivity index is 1.76. The van der Waals surface area contributed by atoms with E-state index >= 15 is 0 Å². The van der Waals surface area contributed by atoms with Crippen molar-refractivity contribution in [2.24, 2.45) is 11.1 Å². The van der Waals surface area contributed by atoms with E-state index in [2.05, 4.69) is 46.2 Å². The topological polar surface area (TPSA) is 77.9 Å². The van der Waals surface area contributed by atoms with E-state index in [-0.39, 0.29) is 17.7 Å². The molecule has 0 spiro atoms. The zero-order chi connectivity index (χ0) is 19.0. The van der Waals surface area contributed by atoms with Crippen molar-refractivity contribution >= 4 is 22.6 Å². The van der Waals surface area contributed by atoms with Crippen LogP contribution in [-0.4, -0.2) is 47.0 Å². The Morgan fingerprint density at radius 2 is 2.22 bits per heavy atom. The largest absolute Gasteiger partial charge is 0.464 e. The zero-order valence-corrected chi connectivity index (χ0v) is 15.9. The molecule has 1 aromatic carbocycles. The number of para-hydroxylation sites is 1. The molecule has 2 aliphatic heterocycles. The maximum Gasteiger partial charge on any atom is 0.355 e. The van der Waals surface area contributed by atoms with E-state index in [1.54, 1.807) is 0 Å². The maximum absolute atomic E-state index is 11.9. The number of oxime groups is 1. The van der Waals surface area contributed by atoms with Gasteiger partial charge in [-0.2, -0.15) is 0 Å². The quantitative estimate of drug-likeness (QED) is 0.372. The molecule has 3 atom stereocenters. The van der Waals surface area contributed by atoms with Crippen LogP contribution in [0.3, 0.4) is 0 Å². The summed E-state index contributed by atoms with van der Waals surface area (Å²) >= 11 is 0. The predicted molar refractivity (Wildman–Crippen MR) is 104 cm³/mol. The lowest BCUT2D eigenvalue weighted by atomic mass is 9.76. The number of aromatic nitrogens is 1. The van der Waals surface area contributed by atoms with Crippen LogP contribution in [0.5, 0.6) is 0 Å². The molecule has 0 bridgehead atoms. The van der Waals surface area contributed by atoms with E-state index in [1.165, 1.54) is 29.3 Å². The van der Waals surface area contributed by atoms with Gasteiger partial charge in [0, 0.05) is 29.6 Å². The van der Waals surface area contributed by atoms with Crippen molar-refractivity contribution in [3.05, 3.63) is 35.5 Å². The second-order valence-corrected chi connectivity index (χ2v) is 7.69. The maximum atomic E-state index is 11.9. The van der Waals surface area contributed by atoms with Crippen LogP contribution in [0.4, 0.5) is 0 Å². The van der Waals surface area contributed by atoms with Crippen LogP contribution in [0, 0.1) is 5.92 Å². The van der Waals surface area contributed by atoms with Crippen LogP contribution < -0.4 is 0 Å². The lowest BCUT2D eigenvalue weighted by Gasteiger charge is -2.46. The molecule has 0 aliphatic carbocycles. The summed E-state index contributed by atoms with van der Waals surface area (Å²) in [6.45, 7) is 4.36. The molecule has 6 nitrogen and oxygen atoms in total. The van der Waals surface area contributed by atoms with Crippen molar-refractivity contribution < 1.29 is 14.7 Å². The number of benzene rings is 1. The highest BCUT2D eigenvalue weighted by Crippen LogP contribution is 2.48. The number of ether oxygens (including phenoxy) is 1. The summed E-state index contributed by atoms with van der Waals surface area (Å²) < 4.78 is 4.78. The molecule has 0 amide bonds. The van der Waals surface area contributed by atoms with Gasteiger partial charge in [-0.25, -0.2) is 4.79 Å². The lowest BCUT2D eigenvalue weighted by molar-refractivity contribution is -0.133. The number of hydrogen-bond donors (Lipinski definition) is 2. The highest BCUT2D eigenvalue weighted by molar-refractivity contribution is 6.36. The van der Waals surface area contributed by atoms with E-state index in [4.69, 9.17) is 4.74 Å². The van der Waals surface area contributed by atoms with E-state index in [0.717, 1.165) is 32.4 Å². The molecular weight excluding hydrogens is 342 g/mol. The van der Waals surface area contributed by atoms with Crippen molar-refractivity contribution in [3.8, 4) is 0 Å². The van der Waals surface area contributed by atoms with Gasteiger partial charge in [-0.1, -0.05) is 30.3 Å². The van der Waals surface area contributed by atoms with Gasteiger partial charge in [0.25, 0.3) is 0 Å². The average molecular weight is 369 g/mol. The number of rotatable bonds is 4. The van der Waals surface area contributed by atoms with E-state index < -0.39 is 5.97 Å². The second kappa shape index (κ2) is 7.35. The van der Waals surface area contributed by atoms with Gasteiger partial charge < -0.3 is 14.9 Å². The summed E-state index contributed by atoms with van der Waals surface area (Å²) in [5.41, 5.74) is 4.00. The Kier molecular flexibility index (Phi) is 4.91. The lowest BCUT2D eigenvalue weighted by Crippen LogP contribution is -2.45. The van der Waals surface area contributed by atoms with Gasteiger partial charge in [0.15, 0.2) is 5.71 Å². The number of carbonyl (C=O) groups excluding carboxylic acids is 1. The number of nitrogens with one attached hydrogen (secondary N) is 1. The van der Waals surface area contributed by atoms with Crippen molar-refractivity contribution in [2.75, 3.05) is 20.2 Å². The number of methoxy groups -OCH3 is 1. The van der Waals surface area contributed by atoms with Gasteiger partial charge >= 0.3 is 5.97 Å². The second-order valence-electron chi connectivity index (χ2n) is 7.69. The molecule has 2 aromatic rings. The smallest absolute Gasteiger partial charge is 0.355 e. The Hall–Kier alpha value is -2.34. The van der Waals surface area contributed by atoms with Crippen molar-refractivity contribution in [3.63, 3.8) is 0 Å². The summed E-state index contributed by atoms with van der Waals surface area (Å²) in [7, 11) is 1.32. The minimum Gasteiger partial charge on any atom is -0.464 e. The first-order valence-corrected chi connectivity index (χ1v) is 9.81. The molecule has 2 N–H and O–H groups in total. The molecule has 0 saturated carbocycles. The van der Waals surface area contributed by atoms with Crippen molar-refractivity contribution in [1.29, 1.82) is 0 Å². The number of nitrogens with zero attached hydrogens (tertiary/aromatic N) is 2. The fourth-order valence-corrected chi connectivity index (χ4v) is 5.08. The van der Waals surface area contributed by atoms with Gasteiger partial charge in [0.05, 0.1) is 13.2 Å². The van der Waals surface area contributed by atoms with Gasteiger partial charge in [-0.3, -0.25) is 4.90 Å². The monoisotopic (exact) mass is 369 g/mol. The number of fused-ring (bicyclic) bond motifs is 5. The van der Waals surface area contributed by atoms with Crippen LogP contribution in [0.1, 0.15) is 55.8 Å². The zero-order valence-electron chi connectivity index (χ0n) is 15.9. The van der Waals surface area contributed by atoms with Gasteiger partial charge in [-0.05, 0) is 49.3 Å². The van der Waals surface area contributed by atoms with Gasteiger partial charge in [0.1, 0.15) is 0 Å². The third-order valence-corrected chi connectivity index (χ3v) is 6.29. The van der Waals surface area contributed by atoms with Crippen molar-refractivity contribution in [2.45, 2.75) is 44.6 Å². The minimum atomic E-state index is -0.547. The number of esters is 1. The molecule has 27 heavy (non-hydrogen) atoms. The number of hydrogen-bond acceptors (Lipinski definition) is 5. The summed E-state index contributed by atoms with van der Waals surface area (Å²) in [5, 5.41) is 13.9. The Morgan fingerprint density at radius 3 is 2.96 bits per heavy atom. The van der Waals surface area contributed by atoms with Gasteiger partial charge in [0.2, 0.25) is 0 Å². The van der Waals surface area contributed by atoms with Crippen molar-refractivity contribution in [1.82, 2.24) is 9.88 Å². The van der Waals surface area contributed by atoms with Crippen LogP contribution >= 0.6 is 0 Å². The first-order valence-electron chi connectivity index (χ1n) is 9.81. The highest BCUT2D eigenvalue weighted by atomic mass is 16.5. The van der Waals surface area contributed by atoms with E-state index in [0.29, 0.717) is 12.3 Å². The highest BCUT2D eigenvalue weighted by Gasteiger charge is 2.42. The normalized spacial score (nSPS) is 25.9. The third kappa shape index (κ3) is 3.02. The molecule has 1 aromatic heterocycles. The molecule has 2 unspecified atom stereocenters. The van der Waals surface area contributed by atoms with Gasteiger partial charge in [-0.15, -0.1) is 0 Å². The van der Waals surface area contributed by atoms with Crippen LogP contribution in [-0.2, 0) is 9.53 Å². The van der Waals surface area contributed by atoms with Crippen LogP contribution in [0.2, 0.25) is 0 Å². The molecule has 1 fully saturated rings. The number of piperidine rings is 1.